The van der Waals surface area contributed by atoms with Crippen molar-refractivity contribution >= 4 is 0 Å². The van der Waals surface area contributed by atoms with Gasteiger partial charge in [-0.25, -0.2) is 0 Å². The monoisotopic (exact) mass is 138 g/mol. The lowest BCUT2D eigenvalue weighted by Crippen LogP contribution is -2.32. The second kappa shape index (κ2) is 3.37. The molecule has 0 saturated carbocycles. The van der Waals surface area contributed by atoms with Gasteiger partial charge in [0.1, 0.15) is 5.70 Å². The molecule has 0 aromatic carbocycles. The van der Waals surface area contributed by atoms with Crippen LogP contribution in [-0.2, 0) is 0 Å². The van der Waals surface area contributed by atoms with Gasteiger partial charge in [-0.2, -0.15) is 0 Å². The molecule has 10 heavy (non-hydrogen) atoms. The summed E-state index contributed by atoms with van der Waals surface area (Å²) in [5.41, 5.74) is 1.16. The average molecular weight is 138 g/mol. The molecule has 0 N–H and O–H groups in total. The maximum absolute atomic E-state index is 3.71. The van der Waals surface area contributed by atoms with E-state index < -0.39 is 0 Å². The first-order valence-corrected chi connectivity index (χ1v) is 3.29. The first kappa shape index (κ1) is 9.18. The highest BCUT2D eigenvalue weighted by atomic mass is 15.3. The molecule has 0 aliphatic rings. The summed E-state index contributed by atoms with van der Waals surface area (Å²) in [4.78, 5) is 0. The second-order valence-corrected chi connectivity index (χ2v) is 3.04. The number of hydrogen-bond donors (Lipinski definition) is 0. The van der Waals surface area contributed by atoms with Crippen LogP contribution in [0.2, 0.25) is 0 Å². The summed E-state index contributed by atoms with van der Waals surface area (Å²) in [5.74, 6) is 0. The first-order valence-electron chi connectivity index (χ1n) is 3.29. The van der Waals surface area contributed by atoms with Crippen LogP contribution in [-0.4, -0.2) is 25.6 Å². The molecule has 0 spiro atoms. The normalized spacial score (nSPS) is 12.9. The SMILES string of the molecule is C=C/C=C(\C=C)[N+](C)(C)C. The fourth-order valence-corrected chi connectivity index (χ4v) is 0.686. The van der Waals surface area contributed by atoms with Gasteiger partial charge in [0, 0.05) is 0 Å². The van der Waals surface area contributed by atoms with Crippen LogP contribution < -0.4 is 0 Å². The van der Waals surface area contributed by atoms with Gasteiger partial charge in [-0.05, 0) is 12.2 Å². The quantitative estimate of drug-likeness (QED) is 0.413. The van der Waals surface area contributed by atoms with Gasteiger partial charge in [-0.1, -0.05) is 19.2 Å². The average Bonchev–Trinajstić information content (AvgIpc) is 1.80. The number of hydrogen-bond acceptors (Lipinski definition) is 0. The summed E-state index contributed by atoms with van der Waals surface area (Å²) < 4.78 is 0.787. The molecule has 1 nitrogen and oxygen atoms in total. The lowest BCUT2D eigenvalue weighted by molar-refractivity contribution is -0.828. The number of quaternary nitrogens is 1. The largest absolute Gasteiger partial charge is 0.298 e. The standard InChI is InChI=1S/C9H16N/c1-6-8-9(7-2)10(3,4)5/h6-8H,1-2H2,3-5H3/q+1/b9-8+. The van der Waals surface area contributed by atoms with Crippen LogP contribution in [0.5, 0.6) is 0 Å². The third-order valence-electron chi connectivity index (χ3n) is 1.27. The summed E-state index contributed by atoms with van der Waals surface area (Å²) in [7, 11) is 6.28. The zero-order valence-corrected chi connectivity index (χ0v) is 7.09. The fraction of sp³-hybridized carbons (Fsp3) is 0.333. The molecule has 1 heteroatoms. The summed E-state index contributed by atoms with van der Waals surface area (Å²) in [6, 6.07) is 0. The number of allylic oxidation sites excluding steroid dienone is 3. The Morgan fingerprint density at radius 3 is 1.80 bits per heavy atom. The number of rotatable bonds is 3. The van der Waals surface area contributed by atoms with Crippen LogP contribution in [0.15, 0.2) is 37.1 Å². The lowest BCUT2D eigenvalue weighted by Gasteiger charge is -2.23. The van der Waals surface area contributed by atoms with E-state index in [1.165, 1.54) is 0 Å². The molecule has 0 aliphatic carbocycles. The molecule has 0 aromatic rings. The van der Waals surface area contributed by atoms with Crippen LogP contribution in [0, 0.1) is 0 Å². The highest BCUT2D eigenvalue weighted by Crippen LogP contribution is 2.07. The van der Waals surface area contributed by atoms with Gasteiger partial charge >= 0.3 is 0 Å². The smallest absolute Gasteiger partial charge is 0.131 e. The zero-order valence-electron chi connectivity index (χ0n) is 7.09. The molecule has 56 valence electrons. The second-order valence-electron chi connectivity index (χ2n) is 3.04. The molecular weight excluding hydrogens is 122 g/mol. The van der Waals surface area contributed by atoms with E-state index in [0.29, 0.717) is 0 Å². The van der Waals surface area contributed by atoms with Crippen molar-refractivity contribution in [1.29, 1.82) is 0 Å². The molecule has 0 aliphatic heterocycles. The van der Waals surface area contributed by atoms with Crippen molar-refractivity contribution in [2.75, 3.05) is 21.1 Å². The molecule has 0 fully saturated rings. The predicted molar refractivity (Wildman–Crippen MR) is 46.5 cm³/mol. The topological polar surface area (TPSA) is 0 Å². The van der Waals surface area contributed by atoms with Crippen molar-refractivity contribution in [3.05, 3.63) is 37.1 Å². The van der Waals surface area contributed by atoms with Crippen molar-refractivity contribution < 1.29 is 4.48 Å². The van der Waals surface area contributed by atoms with E-state index in [4.69, 9.17) is 0 Å². The van der Waals surface area contributed by atoms with Gasteiger partial charge in [0.15, 0.2) is 0 Å². The third kappa shape index (κ3) is 2.65. The van der Waals surface area contributed by atoms with Crippen molar-refractivity contribution in [2.45, 2.75) is 0 Å². The molecule has 0 bridgehead atoms. The molecule has 0 aromatic heterocycles. The van der Waals surface area contributed by atoms with E-state index in [2.05, 4.69) is 34.3 Å². The Morgan fingerprint density at radius 1 is 1.20 bits per heavy atom. The Hall–Kier alpha value is -0.820. The Morgan fingerprint density at radius 2 is 1.70 bits per heavy atom. The summed E-state index contributed by atoms with van der Waals surface area (Å²) in [6.45, 7) is 7.34. The van der Waals surface area contributed by atoms with E-state index >= 15 is 0 Å². The van der Waals surface area contributed by atoms with Crippen LogP contribution in [0.25, 0.3) is 0 Å². The van der Waals surface area contributed by atoms with E-state index in [1.54, 1.807) is 6.08 Å². The van der Waals surface area contributed by atoms with E-state index in [-0.39, 0.29) is 0 Å². The highest BCUT2D eigenvalue weighted by molar-refractivity contribution is 5.14. The maximum atomic E-state index is 3.71. The minimum absolute atomic E-state index is 0.787. The fourth-order valence-electron chi connectivity index (χ4n) is 0.686. The number of likely N-dealkylation sites (N-methyl/N-ethyl adjacent to an activating group) is 1. The van der Waals surface area contributed by atoms with E-state index in [1.807, 2.05) is 12.2 Å². The predicted octanol–water partition coefficient (Wildman–Crippen LogP) is 1.95. The van der Waals surface area contributed by atoms with Crippen LogP contribution in [0.3, 0.4) is 0 Å². The Labute approximate surface area is 63.6 Å². The third-order valence-corrected chi connectivity index (χ3v) is 1.27. The Balaban J connectivity index is 4.51. The van der Waals surface area contributed by atoms with Gasteiger partial charge in [-0.15, -0.1) is 0 Å². The summed E-state index contributed by atoms with van der Waals surface area (Å²) in [5, 5.41) is 0. The van der Waals surface area contributed by atoms with Crippen LogP contribution in [0.1, 0.15) is 0 Å². The zero-order chi connectivity index (χ0) is 8.20. The van der Waals surface area contributed by atoms with Gasteiger partial charge in [0.2, 0.25) is 0 Å². The van der Waals surface area contributed by atoms with Gasteiger partial charge < -0.3 is 0 Å². The molecule has 0 rings (SSSR count). The van der Waals surface area contributed by atoms with Crippen molar-refractivity contribution in [3.8, 4) is 0 Å². The molecule has 0 saturated heterocycles. The first-order chi connectivity index (χ1) is 4.52. The van der Waals surface area contributed by atoms with Gasteiger partial charge in [0.25, 0.3) is 0 Å². The number of nitrogens with zero attached hydrogens (tertiary/aromatic N) is 1. The van der Waals surface area contributed by atoms with Crippen LogP contribution >= 0.6 is 0 Å². The molecular formula is C9H16N+. The minimum atomic E-state index is 0.787. The molecule has 0 unspecified atom stereocenters. The van der Waals surface area contributed by atoms with Gasteiger partial charge in [-0.3, -0.25) is 4.48 Å². The Bertz CT molecular complexity index is 158. The molecule has 0 heterocycles. The van der Waals surface area contributed by atoms with Crippen LogP contribution in [0.4, 0.5) is 0 Å². The lowest BCUT2D eigenvalue weighted by atomic mass is 10.3. The minimum Gasteiger partial charge on any atom is -0.298 e. The summed E-state index contributed by atoms with van der Waals surface area (Å²) in [6.07, 6.45) is 5.59. The summed E-state index contributed by atoms with van der Waals surface area (Å²) >= 11 is 0. The van der Waals surface area contributed by atoms with Gasteiger partial charge in [0.05, 0.1) is 21.1 Å². The maximum Gasteiger partial charge on any atom is 0.131 e. The van der Waals surface area contributed by atoms with Crippen molar-refractivity contribution in [3.63, 3.8) is 0 Å². The Kier molecular flexibility index (Phi) is 3.10. The van der Waals surface area contributed by atoms with E-state index in [9.17, 15) is 0 Å². The van der Waals surface area contributed by atoms with Crippen molar-refractivity contribution in [1.82, 2.24) is 0 Å². The van der Waals surface area contributed by atoms with Crippen molar-refractivity contribution in [2.24, 2.45) is 0 Å². The van der Waals surface area contributed by atoms with E-state index in [0.717, 1.165) is 10.2 Å². The molecule has 0 radical (unpaired) electrons. The molecule has 0 amide bonds. The molecule has 0 atom stereocenters. The highest BCUT2D eigenvalue weighted by Gasteiger charge is 2.10.